The maximum atomic E-state index is 13.9. The molecule has 1 fully saturated rings. The number of methoxy groups -OCH3 is 2. The lowest BCUT2D eigenvalue weighted by molar-refractivity contribution is -0.904. The molecule has 0 saturated carbocycles. The van der Waals surface area contributed by atoms with Gasteiger partial charge in [-0.2, -0.15) is 0 Å². The number of likely N-dealkylation sites (tertiary alicyclic amines) is 1. The van der Waals surface area contributed by atoms with Gasteiger partial charge in [0, 0.05) is 27.6 Å². The van der Waals surface area contributed by atoms with Crippen LogP contribution in [0.5, 0.6) is 11.5 Å². The van der Waals surface area contributed by atoms with Gasteiger partial charge in [0.15, 0.2) is 17.0 Å². The van der Waals surface area contributed by atoms with E-state index in [9.17, 15) is 25.0 Å². The van der Waals surface area contributed by atoms with Gasteiger partial charge in [-0.3, -0.25) is 10.5 Å². The van der Waals surface area contributed by atoms with Crippen molar-refractivity contribution >= 4 is 46.5 Å². The van der Waals surface area contributed by atoms with Crippen LogP contribution in [0.4, 0.5) is 0 Å². The van der Waals surface area contributed by atoms with E-state index in [4.69, 9.17) is 37.4 Å². The molecule has 11 nitrogen and oxygen atoms in total. The van der Waals surface area contributed by atoms with Gasteiger partial charge < -0.3 is 29.3 Å². The van der Waals surface area contributed by atoms with Crippen LogP contribution in [0, 0.1) is 5.92 Å². The van der Waals surface area contributed by atoms with Crippen molar-refractivity contribution in [2.45, 2.75) is 37.3 Å². The molecule has 4 aromatic rings. The summed E-state index contributed by atoms with van der Waals surface area (Å²) in [6.07, 6.45) is 4.60. The molecule has 1 aliphatic heterocycles. The molecule has 0 bridgehead atoms. The van der Waals surface area contributed by atoms with E-state index in [0.29, 0.717) is 38.6 Å². The number of carbonyl (C=O) groups excluding carboxylic acids is 1. The van der Waals surface area contributed by atoms with Crippen molar-refractivity contribution < 1.29 is 44.0 Å². The van der Waals surface area contributed by atoms with E-state index in [0.717, 1.165) is 42.0 Å². The van der Waals surface area contributed by atoms with Crippen LogP contribution in [0.15, 0.2) is 67.0 Å². The highest BCUT2D eigenvalue weighted by Crippen LogP contribution is 2.41. The van der Waals surface area contributed by atoms with E-state index < -0.39 is 30.0 Å². The van der Waals surface area contributed by atoms with E-state index in [1.54, 1.807) is 42.5 Å². The Morgan fingerprint density at radius 3 is 2.31 bits per heavy atom. The number of carbonyl (C=O) groups is 2. The van der Waals surface area contributed by atoms with Crippen molar-refractivity contribution in [2.24, 2.45) is 5.92 Å². The number of piperidine rings is 1. The summed E-state index contributed by atoms with van der Waals surface area (Å²) in [7, 11) is 5.10. The summed E-state index contributed by atoms with van der Waals surface area (Å²) in [4.78, 5) is 29.6. The number of thiophene rings is 1. The lowest BCUT2D eigenvalue weighted by atomic mass is 9.85. The summed E-state index contributed by atoms with van der Waals surface area (Å²) in [5.41, 5.74) is 0.596. The van der Waals surface area contributed by atoms with Gasteiger partial charge in [0.25, 0.3) is 0 Å². The first-order valence-electron chi connectivity index (χ1n) is 16.4. The second kappa shape index (κ2) is 17.1. The smallest absolute Gasteiger partial charge is 0.346 e. The normalized spacial score (nSPS) is 15.6. The summed E-state index contributed by atoms with van der Waals surface area (Å²) in [5.74, 6) is -1.18. The highest BCUT2D eigenvalue weighted by atomic mass is 35.5. The number of rotatable bonds is 15. The van der Waals surface area contributed by atoms with Crippen molar-refractivity contribution in [3.8, 4) is 11.5 Å². The number of aromatic carboxylic acids is 1. The lowest BCUT2D eigenvalue weighted by Gasteiger charge is -2.33. The molecule has 0 aliphatic carbocycles. The van der Waals surface area contributed by atoms with E-state index >= 15 is 0 Å². The van der Waals surface area contributed by atoms with Gasteiger partial charge in [0.05, 0.1) is 27.4 Å². The van der Waals surface area contributed by atoms with E-state index in [2.05, 4.69) is 17.3 Å². The minimum absolute atomic E-state index is 0.0414. The number of esters is 1. The molecule has 51 heavy (non-hydrogen) atoms. The molecule has 1 aliphatic rings. The van der Waals surface area contributed by atoms with Gasteiger partial charge in [0.1, 0.15) is 14.9 Å². The van der Waals surface area contributed by atoms with Crippen LogP contribution in [-0.2, 0) is 28.0 Å². The maximum absolute atomic E-state index is 13.9. The average Bonchev–Trinajstić information content (AvgIpc) is 3.56. The summed E-state index contributed by atoms with van der Waals surface area (Å²) < 4.78 is 17.6. The van der Waals surface area contributed by atoms with Crippen LogP contribution in [0.1, 0.15) is 55.6 Å². The Kier molecular flexibility index (Phi) is 12.8. The second-order valence-electron chi connectivity index (χ2n) is 12.6. The average molecular weight is 760 g/mol. The molecular weight excluding hydrogens is 717 g/mol. The first-order valence-corrected chi connectivity index (χ1v) is 18.0. The van der Waals surface area contributed by atoms with Crippen LogP contribution < -0.4 is 19.5 Å². The third-order valence-electron chi connectivity index (χ3n) is 9.37. The Bertz CT molecular complexity index is 1810. The highest BCUT2D eigenvalue weighted by Gasteiger charge is 2.42. The molecule has 0 spiro atoms. The number of aromatic nitrogens is 1. The monoisotopic (exact) mass is 758 g/mol. The molecule has 14 heteroatoms. The van der Waals surface area contributed by atoms with Crippen molar-refractivity contribution in [3.63, 3.8) is 0 Å². The van der Waals surface area contributed by atoms with Crippen LogP contribution in [0.25, 0.3) is 0 Å². The quantitative estimate of drug-likeness (QED) is 0.0695. The number of aliphatic hydroxyl groups excluding tert-OH is 1. The Morgan fingerprint density at radius 2 is 1.71 bits per heavy atom. The van der Waals surface area contributed by atoms with E-state index in [1.165, 1.54) is 26.6 Å². The Labute approximate surface area is 310 Å². The zero-order valence-electron chi connectivity index (χ0n) is 28.6. The van der Waals surface area contributed by atoms with Gasteiger partial charge >= 0.3 is 11.9 Å². The first-order chi connectivity index (χ1) is 24.5. The summed E-state index contributed by atoms with van der Waals surface area (Å²) in [6.45, 7) is 1.54. The maximum Gasteiger partial charge on any atom is 0.346 e. The van der Waals surface area contributed by atoms with Crippen molar-refractivity contribution in [1.29, 1.82) is 0 Å². The molecule has 5 rings (SSSR count). The number of carboxylic acid groups (broad SMARTS) is 1. The third-order valence-corrected chi connectivity index (χ3v) is 11.2. The Hall–Kier alpha value is -3.91. The number of hydrogen-bond donors (Lipinski definition) is 4. The van der Waals surface area contributed by atoms with Crippen molar-refractivity contribution in [3.05, 3.63) is 109 Å². The Balaban J connectivity index is 1.51. The zero-order chi connectivity index (χ0) is 36.7. The van der Waals surface area contributed by atoms with Gasteiger partial charge in [-0.25, -0.2) is 9.59 Å². The molecule has 1 saturated heterocycles. The number of carboxylic acids is 1. The molecule has 2 aromatic heterocycles. The largest absolute Gasteiger partial charge is 0.493 e. The van der Waals surface area contributed by atoms with E-state index in [-0.39, 0.29) is 40.4 Å². The number of nitrogens with zero attached hydrogens (tertiary/aromatic N) is 2. The van der Waals surface area contributed by atoms with E-state index in [1.807, 2.05) is 12.1 Å². The predicted octanol–water partition coefficient (Wildman–Crippen LogP) is 5.53. The number of nitrogens with one attached hydrogen (secondary N) is 1. The van der Waals surface area contributed by atoms with Crippen LogP contribution >= 0.6 is 34.5 Å². The number of pyridine rings is 1. The molecule has 4 N–H and O–H groups in total. The highest BCUT2D eigenvalue weighted by molar-refractivity contribution is 7.14. The minimum atomic E-state index is -1.60. The number of hydrogen-bond acceptors (Lipinski definition) is 10. The van der Waals surface area contributed by atoms with Gasteiger partial charge in [-0.05, 0) is 80.2 Å². The summed E-state index contributed by atoms with van der Waals surface area (Å²) in [6, 6.07) is 16.0. The van der Waals surface area contributed by atoms with Gasteiger partial charge in [0.2, 0.25) is 12.4 Å². The number of ether oxygens (including phenoxy) is 3. The SMILES string of the molecule is COc1ccc([C@H](Cc2c(Cl)c[n+](O)cc2Cl)c2cc(CNC(CO)(C(=O)OCC3CCN(C)CC3)c3ccccc3)sc2C(=O)O)cc1OC. The Morgan fingerprint density at radius 1 is 1.04 bits per heavy atom. The molecular formula is C37H42Cl2N3O8S+. The first kappa shape index (κ1) is 38.3. The fraction of sp³-hybridized carbons (Fsp3) is 0.378. The molecule has 3 heterocycles. The summed E-state index contributed by atoms with van der Waals surface area (Å²) >= 11 is 14.2. The molecule has 0 amide bonds. The van der Waals surface area contributed by atoms with Crippen LogP contribution in [0.2, 0.25) is 10.0 Å². The molecule has 1 unspecified atom stereocenters. The number of aliphatic hydroxyl groups is 1. The fourth-order valence-electron chi connectivity index (χ4n) is 6.40. The number of halogens is 2. The fourth-order valence-corrected chi connectivity index (χ4v) is 8.00. The standard InChI is InChI=1S/C37H41Cl2N3O8S/c1-41-13-11-23(12-14-41)21-50-36(46)37(22-43,25-7-5-4-6-8-25)40-18-26-16-28(34(51-26)35(44)45)27(17-29-30(38)19-42(47)20-31(29)39)24-9-10-32(48-2)33(15-24)49-3/h4-10,15-16,19-20,23,27,40,43H,11-14,17-18,21-22H2,1-3H3,(H-,44,45,47)/p+1/t27-,37?/m0/s1. The molecule has 2 atom stereocenters. The molecule has 272 valence electrons. The van der Waals surface area contributed by atoms with Crippen molar-refractivity contribution in [1.82, 2.24) is 10.2 Å². The van der Waals surface area contributed by atoms with Crippen LogP contribution in [0.3, 0.4) is 0 Å². The lowest BCUT2D eigenvalue weighted by Crippen LogP contribution is -2.53. The number of benzene rings is 2. The second-order valence-corrected chi connectivity index (χ2v) is 14.6. The molecule has 2 aromatic carbocycles. The van der Waals surface area contributed by atoms with Gasteiger partial charge in [-0.15, -0.1) is 11.3 Å². The summed E-state index contributed by atoms with van der Waals surface area (Å²) in [5, 5.41) is 34.9. The molecule has 0 radical (unpaired) electrons. The predicted molar refractivity (Wildman–Crippen MR) is 193 cm³/mol. The van der Waals surface area contributed by atoms with Crippen molar-refractivity contribution in [2.75, 3.05) is 47.6 Å². The minimum Gasteiger partial charge on any atom is -0.493 e. The van der Waals surface area contributed by atoms with Gasteiger partial charge in [-0.1, -0.05) is 59.6 Å². The third kappa shape index (κ3) is 8.77. The topological polar surface area (TPSA) is 142 Å². The zero-order valence-corrected chi connectivity index (χ0v) is 30.9. The van der Waals surface area contributed by atoms with Crippen LogP contribution in [-0.4, -0.2) is 79.8 Å².